The van der Waals surface area contributed by atoms with Crippen LogP contribution >= 0.6 is 0 Å². The first-order chi connectivity index (χ1) is 10.6. The van der Waals surface area contributed by atoms with Gasteiger partial charge in [-0.05, 0) is 29.8 Å². The highest BCUT2D eigenvalue weighted by atomic mass is 19.1. The molecule has 0 heterocycles. The summed E-state index contributed by atoms with van der Waals surface area (Å²) in [6.07, 6.45) is 0. The third kappa shape index (κ3) is 4.05. The zero-order valence-corrected chi connectivity index (χ0v) is 11.9. The summed E-state index contributed by atoms with van der Waals surface area (Å²) in [7, 11) is 1.47. The number of carbonyl (C=O) groups is 2. The maximum Gasteiger partial charge on any atom is 0.313 e. The zero-order valence-electron chi connectivity index (χ0n) is 11.9. The lowest BCUT2D eigenvalue weighted by atomic mass is 10.2. The topological polar surface area (TPSA) is 67.4 Å². The molecule has 22 heavy (non-hydrogen) atoms. The smallest absolute Gasteiger partial charge is 0.313 e. The van der Waals surface area contributed by atoms with Crippen molar-refractivity contribution in [3.63, 3.8) is 0 Å². The summed E-state index contributed by atoms with van der Waals surface area (Å²) in [6, 6.07) is 12.4. The van der Waals surface area contributed by atoms with E-state index in [-0.39, 0.29) is 12.4 Å². The SMILES string of the molecule is COc1ccccc1NC(=O)C(=O)NCc1ccc(F)cc1. The summed E-state index contributed by atoms with van der Waals surface area (Å²) in [6.45, 7) is 0.137. The van der Waals surface area contributed by atoms with Crippen LogP contribution in [0.5, 0.6) is 5.75 Å². The van der Waals surface area contributed by atoms with Gasteiger partial charge in [0.1, 0.15) is 11.6 Å². The minimum absolute atomic E-state index is 0.137. The average molecular weight is 302 g/mol. The molecular formula is C16H15FN2O3. The van der Waals surface area contributed by atoms with Crippen LogP contribution in [0.4, 0.5) is 10.1 Å². The second-order valence-corrected chi connectivity index (χ2v) is 4.46. The van der Waals surface area contributed by atoms with E-state index in [2.05, 4.69) is 10.6 Å². The van der Waals surface area contributed by atoms with E-state index in [9.17, 15) is 14.0 Å². The molecule has 0 aliphatic heterocycles. The quantitative estimate of drug-likeness (QED) is 0.850. The molecule has 0 aliphatic rings. The molecule has 2 aromatic rings. The van der Waals surface area contributed by atoms with E-state index in [1.54, 1.807) is 24.3 Å². The Balaban J connectivity index is 1.92. The fourth-order valence-corrected chi connectivity index (χ4v) is 1.79. The van der Waals surface area contributed by atoms with E-state index in [0.717, 1.165) is 0 Å². The van der Waals surface area contributed by atoms with Gasteiger partial charge < -0.3 is 15.4 Å². The number of carbonyl (C=O) groups excluding carboxylic acids is 2. The number of nitrogens with one attached hydrogen (secondary N) is 2. The zero-order chi connectivity index (χ0) is 15.9. The molecule has 0 aromatic heterocycles. The van der Waals surface area contributed by atoms with E-state index in [4.69, 9.17) is 4.74 Å². The van der Waals surface area contributed by atoms with Gasteiger partial charge in [-0.25, -0.2) is 4.39 Å². The monoisotopic (exact) mass is 302 g/mol. The molecule has 0 fully saturated rings. The first-order valence-corrected chi connectivity index (χ1v) is 6.57. The van der Waals surface area contributed by atoms with E-state index in [1.165, 1.54) is 31.4 Å². The molecule has 0 unspecified atom stereocenters. The molecule has 0 saturated heterocycles. The summed E-state index contributed by atoms with van der Waals surface area (Å²) in [5.41, 5.74) is 1.10. The minimum atomic E-state index is -0.799. The van der Waals surface area contributed by atoms with Crippen molar-refractivity contribution in [2.45, 2.75) is 6.54 Å². The Labute approximate surface area is 127 Å². The van der Waals surface area contributed by atoms with Gasteiger partial charge >= 0.3 is 11.8 Å². The summed E-state index contributed by atoms with van der Waals surface area (Å²) >= 11 is 0. The molecule has 114 valence electrons. The summed E-state index contributed by atoms with van der Waals surface area (Å²) in [4.78, 5) is 23.6. The third-order valence-electron chi connectivity index (χ3n) is 2.93. The van der Waals surface area contributed by atoms with Crippen molar-refractivity contribution < 1.29 is 18.7 Å². The molecule has 2 N–H and O–H groups in total. The van der Waals surface area contributed by atoms with Crippen LogP contribution in [0, 0.1) is 5.82 Å². The summed E-state index contributed by atoms with van der Waals surface area (Å²) in [5.74, 6) is -1.48. The molecule has 2 amide bonds. The maximum absolute atomic E-state index is 12.8. The number of para-hydroxylation sites is 2. The Morgan fingerprint density at radius 3 is 2.41 bits per heavy atom. The lowest BCUT2D eigenvalue weighted by Crippen LogP contribution is -2.35. The number of ether oxygens (including phenoxy) is 1. The van der Waals surface area contributed by atoms with Crippen molar-refractivity contribution in [1.82, 2.24) is 5.32 Å². The van der Waals surface area contributed by atoms with Gasteiger partial charge in [-0.15, -0.1) is 0 Å². The van der Waals surface area contributed by atoms with E-state index >= 15 is 0 Å². The standard InChI is InChI=1S/C16H15FN2O3/c1-22-14-5-3-2-4-13(14)19-16(21)15(20)18-10-11-6-8-12(17)9-7-11/h2-9H,10H2,1H3,(H,18,20)(H,19,21). The lowest BCUT2D eigenvalue weighted by Gasteiger charge is -2.10. The molecule has 0 spiro atoms. The maximum atomic E-state index is 12.8. The van der Waals surface area contributed by atoms with E-state index in [0.29, 0.717) is 17.0 Å². The van der Waals surface area contributed by atoms with Crippen molar-refractivity contribution in [1.29, 1.82) is 0 Å². The van der Waals surface area contributed by atoms with Gasteiger partial charge in [0.25, 0.3) is 0 Å². The van der Waals surface area contributed by atoms with Gasteiger partial charge in [-0.1, -0.05) is 24.3 Å². The first-order valence-electron chi connectivity index (χ1n) is 6.57. The predicted octanol–water partition coefficient (Wildman–Crippen LogP) is 2.09. The summed E-state index contributed by atoms with van der Waals surface area (Å²) < 4.78 is 17.8. The highest BCUT2D eigenvalue weighted by Gasteiger charge is 2.15. The summed E-state index contributed by atoms with van der Waals surface area (Å²) in [5, 5.41) is 4.93. The number of halogens is 1. The van der Waals surface area contributed by atoms with Gasteiger partial charge in [0.15, 0.2) is 0 Å². The molecule has 0 bridgehead atoms. The van der Waals surface area contributed by atoms with Crippen LogP contribution in [-0.2, 0) is 16.1 Å². The molecular weight excluding hydrogens is 287 g/mol. The van der Waals surface area contributed by atoms with E-state index < -0.39 is 11.8 Å². The number of rotatable bonds is 4. The Kier molecular flexibility index (Phi) is 5.08. The number of amides is 2. The van der Waals surface area contributed by atoms with Gasteiger partial charge in [0, 0.05) is 6.54 Å². The van der Waals surface area contributed by atoms with Crippen LogP contribution < -0.4 is 15.4 Å². The van der Waals surface area contributed by atoms with Crippen LogP contribution in [0.1, 0.15) is 5.56 Å². The van der Waals surface area contributed by atoms with Crippen molar-refractivity contribution >= 4 is 17.5 Å². The second kappa shape index (κ2) is 7.21. The van der Waals surface area contributed by atoms with Gasteiger partial charge in [-0.3, -0.25) is 9.59 Å². The number of methoxy groups -OCH3 is 1. The Morgan fingerprint density at radius 2 is 1.73 bits per heavy atom. The molecule has 5 nitrogen and oxygen atoms in total. The second-order valence-electron chi connectivity index (χ2n) is 4.46. The van der Waals surface area contributed by atoms with Crippen LogP contribution in [0.15, 0.2) is 48.5 Å². The Hall–Kier alpha value is -2.89. The normalized spacial score (nSPS) is 9.91. The fraction of sp³-hybridized carbons (Fsp3) is 0.125. The molecule has 0 saturated carbocycles. The number of hydrogen-bond acceptors (Lipinski definition) is 3. The predicted molar refractivity (Wildman–Crippen MR) is 79.9 cm³/mol. The largest absolute Gasteiger partial charge is 0.495 e. The number of hydrogen-bond donors (Lipinski definition) is 2. The van der Waals surface area contributed by atoms with Gasteiger partial charge in [0.05, 0.1) is 12.8 Å². The van der Waals surface area contributed by atoms with Crippen molar-refractivity contribution in [3.8, 4) is 5.75 Å². The third-order valence-corrected chi connectivity index (χ3v) is 2.93. The Morgan fingerprint density at radius 1 is 1.05 bits per heavy atom. The average Bonchev–Trinajstić information content (AvgIpc) is 2.54. The Bertz CT molecular complexity index is 671. The molecule has 0 radical (unpaired) electrons. The van der Waals surface area contributed by atoms with Gasteiger partial charge in [-0.2, -0.15) is 0 Å². The van der Waals surface area contributed by atoms with Crippen molar-refractivity contribution in [2.24, 2.45) is 0 Å². The molecule has 2 aromatic carbocycles. The van der Waals surface area contributed by atoms with Crippen molar-refractivity contribution in [3.05, 3.63) is 59.9 Å². The number of anilines is 1. The molecule has 0 aliphatic carbocycles. The minimum Gasteiger partial charge on any atom is -0.495 e. The first kappa shape index (κ1) is 15.5. The van der Waals surface area contributed by atoms with Crippen molar-refractivity contribution in [2.75, 3.05) is 12.4 Å². The lowest BCUT2D eigenvalue weighted by molar-refractivity contribution is -0.136. The van der Waals surface area contributed by atoms with Crippen LogP contribution in [-0.4, -0.2) is 18.9 Å². The fourth-order valence-electron chi connectivity index (χ4n) is 1.79. The van der Waals surface area contributed by atoms with E-state index in [1.807, 2.05) is 0 Å². The van der Waals surface area contributed by atoms with Crippen LogP contribution in [0.3, 0.4) is 0 Å². The van der Waals surface area contributed by atoms with Crippen LogP contribution in [0.2, 0.25) is 0 Å². The van der Waals surface area contributed by atoms with Crippen LogP contribution in [0.25, 0.3) is 0 Å². The highest BCUT2D eigenvalue weighted by Crippen LogP contribution is 2.22. The highest BCUT2D eigenvalue weighted by molar-refractivity contribution is 6.39. The molecule has 2 rings (SSSR count). The molecule has 0 atom stereocenters. The number of benzene rings is 2. The molecule has 6 heteroatoms. The van der Waals surface area contributed by atoms with Gasteiger partial charge in [0.2, 0.25) is 0 Å².